The van der Waals surface area contributed by atoms with Gasteiger partial charge in [0.25, 0.3) is 5.91 Å². The highest BCUT2D eigenvalue weighted by Gasteiger charge is 2.13. The Bertz CT molecular complexity index is 848. The minimum absolute atomic E-state index is 0.0743. The molecule has 0 aliphatic carbocycles. The molecule has 5 heteroatoms. The van der Waals surface area contributed by atoms with Crippen molar-refractivity contribution in [1.29, 1.82) is 0 Å². The van der Waals surface area contributed by atoms with Crippen LogP contribution in [0.25, 0.3) is 10.8 Å². The van der Waals surface area contributed by atoms with Crippen molar-refractivity contribution >= 4 is 16.7 Å². The number of amides is 1. The van der Waals surface area contributed by atoms with E-state index >= 15 is 0 Å². The highest BCUT2D eigenvalue weighted by atomic mass is 16.5. The summed E-state index contributed by atoms with van der Waals surface area (Å²) in [6, 6.07) is 16.6. The van der Waals surface area contributed by atoms with Gasteiger partial charge in [-0.1, -0.05) is 36.4 Å². The van der Waals surface area contributed by atoms with Gasteiger partial charge in [-0.15, -0.1) is 0 Å². The lowest BCUT2D eigenvalue weighted by atomic mass is 10.0. The molecule has 1 unspecified atom stereocenters. The Hall–Kier alpha value is -2.92. The molecule has 0 radical (unpaired) electrons. The largest absolute Gasteiger partial charge is 0.619 e. The minimum Gasteiger partial charge on any atom is -0.619 e. The first-order valence-corrected chi connectivity index (χ1v) is 7.27. The van der Waals surface area contributed by atoms with Gasteiger partial charge in [0.1, 0.15) is 5.56 Å². The first-order chi connectivity index (χ1) is 11.1. The van der Waals surface area contributed by atoms with Crippen LogP contribution in [0.2, 0.25) is 0 Å². The Morgan fingerprint density at radius 2 is 1.91 bits per heavy atom. The Balaban J connectivity index is 1.68. The number of carbonyl (C=O) groups is 1. The number of nitrogens with zero attached hydrogens (tertiary/aromatic N) is 1. The van der Waals surface area contributed by atoms with Crippen LogP contribution in [0.5, 0.6) is 0 Å². The van der Waals surface area contributed by atoms with Gasteiger partial charge in [0.05, 0.1) is 6.10 Å². The van der Waals surface area contributed by atoms with E-state index in [-0.39, 0.29) is 12.1 Å². The SMILES string of the molecule is O=C(NCC(O)c1ccc2ccccc2c1)c1ccc[n+]([O-])c1. The molecule has 0 saturated heterocycles. The van der Waals surface area contributed by atoms with Crippen molar-refractivity contribution in [2.24, 2.45) is 0 Å². The maximum atomic E-state index is 12.0. The standard InChI is InChI=1S/C18H16N2O3/c21-17(11-19-18(22)16-6-3-9-20(23)12-16)15-8-7-13-4-1-2-5-14(13)10-15/h1-10,12,17,21H,11H2,(H,19,22). The number of pyridine rings is 1. The molecule has 3 rings (SSSR count). The molecule has 2 N–H and O–H groups in total. The van der Waals surface area contributed by atoms with Crippen molar-refractivity contribution in [3.63, 3.8) is 0 Å². The lowest BCUT2D eigenvalue weighted by Crippen LogP contribution is -2.32. The van der Waals surface area contributed by atoms with Crippen molar-refractivity contribution < 1.29 is 14.6 Å². The summed E-state index contributed by atoms with van der Waals surface area (Å²) in [7, 11) is 0. The molecular weight excluding hydrogens is 292 g/mol. The van der Waals surface area contributed by atoms with Crippen LogP contribution >= 0.6 is 0 Å². The fourth-order valence-electron chi connectivity index (χ4n) is 2.41. The maximum absolute atomic E-state index is 12.0. The van der Waals surface area contributed by atoms with Crippen molar-refractivity contribution in [3.05, 3.63) is 83.3 Å². The molecule has 2 aromatic carbocycles. The van der Waals surface area contributed by atoms with Crippen LogP contribution in [-0.2, 0) is 0 Å². The summed E-state index contributed by atoms with van der Waals surface area (Å²) in [5.74, 6) is -0.393. The second-order valence-electron chi connectivity index (χ2n) is 5.28. The second kappa shape index (κ2) is 6.46. The van der Waals surface area contributed by atoms with E-state index in [0.717, 1.165) is 16.3 Å². The number of aliphatic hydroxyl groups is 1. The van der Waals surface area contributed by atoms with E-state index < -0.39 is 12.0 Å². The summed E-state index contributed by atoms with van der Waals surface area (Å²) in [6.07, 6.45) is 1.69. The number of hydrogen-bond acceptors (Lipinski definition) is 3. The van der Waals surface area contributed by atoms with Gasteiger partial charge in [-0.05, 0) is 28.5 Å². The van der Waals surface area contributed by atoms with Gasteiger partial charge >= 0.3 is 0 Å². The first kappa shape index (κ1) is 15.0. The van der Waals surface area contributed by atoms with Crippen LogP contribution in [0.3, 0.4) is 0 Å². The van der Waals surface area contributed by atoms with E-state index in [9.17, 15) is 15.1 Å². The number of fused-ring (bicyclic) bond motifs is 1. The summed E-state index contributed by atoms with van der Waals surface area (Å²) >= 11 is 0. The molecule has 1 atom stereocenters. The predicted molar refractivity (Wildman–Crippen MR) is 86.6 cm³/mol. The Morgan fingerprint density at radius 1 is 1.13 bits per heavy atom. The molecule has 0 spiro atoms. The van der Waals surface area contributed by atoms with Crippen LogP contribution in [-0.4, -0.2) is 17.6 Å². The molecule has 23 heavy (non-hydrogen) atoms. The quantitative estimate of drug-likeness (QED) is 0.571. The Labute approximate surface area is 133 Å². The molecular formula is C18H16N2O3. The van der Waals surface area contributed by atoms with Gasteiger partial charge in [-0.2, -0.15) is 4.73 Å². The third-order valence-corrected chi connectivity index (χ3v) is 3.65. The lowest BCUT2D eigenvalue weighted by molar-refractivity contribution is -0.605. The van der Waals surface area contributed by atoms with Gasteiger partial charge in [0.2, 0.25) is 0 Å². The summed E-state index contributed by atoms with van der Waals surface area (Å²) in [4.78, 5) is 12.0. The Kier molecular flexibility index (Phi) is 4.21. The number of benzene rings is 2. The van der Waals surface area contributed by atoms with E-state index in [1.165, 1.54) is 18.5 Å². The number of hydrogen-bond donors (Lipinski definition) is 2. The topological polar surface area (TPSA) is 76.3 Å². The van der Waals surface area contributed by atoms with Gasteiger partial charge < -0.3 is 15.6 Å². The molecule has 1 aromatic heterocycles. The second-order valence-corrected chi connectivity index (χ2v) is 5.28. The third-order valence-electron chi connectivity index (χ3n) is 3.65. The molecule has 1 heterocycles. The van der Waals surface area contributed by atoms with Gasteiger partial charge in [0, 0.05) is 12.6 Å². The molecule has 3 aromatic rings. The van der Waals surface area contributed by atoms with Gasteiger partial charge in [-0.25, -0.2) is 0 Å². The van der Waals surface area contributed by atoms with Crippen LogP contribution < -0.4 is 10.0 Å². The minimum atomic E-state index is -0.813. The van der Waals surface area contributed by atoms with Crippen molar-refractivity contribution in [3.8, 4) is 0 Å². The van der Waals surface area contributed by atoms with Crippen molar-refractivity contribution in [1.82, 2.24) is 5.32 Å². The molecule has 5 nitrogen and oxygen atoms in total. The zero-order chi connectivity index (χ0) is 16.2. The number of carbonyl (C=O) groups excluding carboxylic acids is 1. The summed E-state index contributed by atoms with van der Waals surface area (Å²) < 4.78 is 0.564. The average Bonchev–Trinajstić information content (AvgIpc) is 2.59. The number of aliphatic hydroxyl groups excluding tert-OH is 1. The van der Waals surface area contributed by atoms with E-state index in [2.05, 4.69) is 5.32 Å². The predicted octanol–water partition coefficient (Wildman–Crippen LogP) is 1.94. The Morgan fingerprint density at radius 3 is 2.70 bits per heavy atom. The molecule has 0 aliphatic heterocycles. The molecule has 0 aliphatic rings. The summed E-state index contributed by atoms with van der Waals surface area (Å²) in [5, 5.41) is 26.2. The van der Waals surface area contributed by atoms with Crippen LogP contribution in [0.1, 0.15) is 22.0 Å². The maximum Gasteiger partial charge on any atom is 0.257 e. The highest BCUT2D eigenvalue weighted by Crippen LogP contribution is 2.20. The zero-order valence-electron chi connectivity index (χ0n) is 12.3. The van der Waals surface area contributed by atoms with Crippen molar-refractivity contribution in [2.75, 3.05) is 6.54 Å². The fourth-order valence-corrected chi connectivity index (χ4v) is 2.41. The number of rotatable bonds is 4. The molecule has 0 fully saturated rings. The van der Waals surface area contributed by atoms with E-state index in [1.807, 2.05) is 42.5 Å². The van der Waals surface area contributed by atoms with Crippen LogP contribution in [0, 0.1) is 5.21 Å². The average molecular weight is 308 g/mol. The molecule has 0 saturated carbocycles. The molecule has 1 amide bonds. The highest BCUT2D eigenvalue weighted by molar-refractivity contribution is 5.93. The molecule has 116 valence electrons. The smallest absolute Gasteiger partial charge is 0.257 e. The van der Waals surface area contributed by atoms with Gasteiger partial charge in [0.15, 0.2) is 12.4 Å². The summed E-state index contributed by atoms with van der Waals surface area (Å²) in [5.41, 5.74) is 0.990. The van der Waals surface area contributed by atoms with E-state index in [0.29, 0.717) is 4.73 Å². The fraction of sp³-hybridized carbons (Fsp3) is 0.111. The van der Waals surface area contributed by atoms with E-state index in [1.54, 1.807) is 6.07 Å². The third kappa shape index (κ3) is 3.46. The number of aromatic nitrogens is 1. The van der Waals surface area contributed by atoms with Crippen molar-refractivity contribution in [2.45, 2.75) is 6.10 Å². The van der Waals surface area contributed by atoms with Gasteiger partial charge in [-0.3, -0.25) is 4.79 Å². The summed E-state index contributed by atoms with van der Waals surface area (Å²) in [6.45, 7) is 0.0743. The van der Waals surface area contributed by atoms with Crippen LogP contribution in [0.4, 0.5) is 0 Å². The zero-order valence-corrected chi connectivity index (χ0v) is 12.3. The lowest BCUT2D eigenvalue weighted by Gasteiger charge is -2.13. The first-order valence-electron chi connectivity index (χ1n) is 7.27. The number of nitrogens with one attached hydrogen (secondary N) is 1. The van der Waals surface area contributed by atoms with E-state index in [4.69, 9.17) is 0 Å². The monoisotopic (exact) mass is 308 g/mol. The van der Waals surface area contributed by atoms with Crippen LogP contribution in [0.15, 0.2) is 67.0 Å². The molecule has 0 bridgehead atoms. The normalized spacial score (nSPS) is 12.0.